The first-order chi connectivity index (χ1) is 11.5. The molecular formula is C18H26N2O3S. The lowest BCUT2D eigenvalue weighted by molar-refractivity contribution is 0.0930. The maximum atomic E-state index is 12.5. The maximum Gasteiger partial charge on any atom is 0.251 e. The van der Waals surface area contributed by atoms with Crippen molar-refractivity contribution in [3.63, 3.8) is 0 Å². The summed E-state index contributed by atoms with van der Waals surface area (Å²) in [6.07, 6.45) is 9.83. The molecule has 2 aliphatic carbocycles. The Bertz CT molecular complexity index is 675. The van der Waals surface area contributed by atoms with E-state index in [1.54, 1.807) is 12.1 Å². The van der Waals surface area contributed by atoms with E-state index in [4.69, 9.17) is 0 Å². The van der Waals surface area contributed by atoms with E-state index in [0.29, 0.717) is 5.56 Å². The zero-order chi connectivity index (χ0) is 17.0. The lowest BCUT2D eigenvalue weighted by Gasteiger charge is -2.21. The summed E-state index contributed by atoms with van der Waals surface area (Å²) in [7, 11) is -3.53. The number of benzene rings is 1. The number of hydrogen-bond donors (Lipinski definition) is 2. The molecule has 2 N–H and O–H groups in total. The highest BCUT2D eigenvalue weighted by molar-refractivity contribution is 7.89. The second-order valence-electron chi connectivity index (χ2n) is 6.94. The number of amides is 1. The molecule has 0 atom stereocenters. The van der Waals surface area contributed by atoms with Crippen LogP contribution in [-0.4, -0.2) is 26.4 Å². The Morgan fingerprint density at radius 3 is 2.25 bits per heavy atom. The molecule has 0 aromatic heterocycles. The predicted molar refractivity (Wildman–Crippen MR) is 93.4 cm³/mol. The number of sulfonamides is 1. The number of carbonyl (C=O) groups excluding carboxylic acids is 1. The van der Waals surface area contributed by atoms with E-state index in [9.17, 15) is 13.2 Å². The lowest BCUT2D eigenvalue weighted by Crippen LogP contribution is -2.35. The van der Waals surface area contributed by atoms with E-state index in [1.807, 2.05) is 0 Å². The van der Waals surface area contributed by atoms with Crippen LogP contribution in [-0.2, 0) is 10.0 Å². The number of nitrogens with one attached hydrogen (secondary N) is 2. The summed E-state index contributed by atoms with van der Waals surface area (Å²) in [6.45, 7) is 0. The van der Waals surface area contributed by atoms with Gasteiger partial charge in [0.05, 0.1) is 4.90 Å². The number of rotatable bonds is 5. The summed E-state index contributed by atoms with van der Waals surface area (Å²) < 4.78 is 27.2. The van der Waals surface area contributed by atoms with Crippen LogP contribution in [0.3, 0.4) is 0 Å². The van der Waals surface area contributed by atoms with Crippen LogP contribution in [0, 0.1) is 0 Å². The summed E-state index contributed by atoms with van der Waals surface area (Å²) in [6, 6.07) is 6.58. The second kappa shape index (κ2) is 7.66. The predicted octanol–water partition coefficient (Wildman–Crippen LogP) is 2.97. The fourth-order valence-electron chi connectivity index (χ4n) is 3.16. The molecule has 1 amide bonds. The van der Waals surface area contributed by atoms with Gasteiger partial charge < -0.3 is 5.32 Å². The zero-order valence-electron chi connectivity index (χ0n) is 14.0. The molecule has 3 rings (SSSR count). The number of carbonyl (C=O) groups is 1. The summed E-state index contributed by atoms with van der Waals surface area (Å²) in [5.74, 6) is -0.177. The van der Waals surface area contributed by atoms with Crippen molar-refractivity contribution in [3.05, 3.63) is 29.8 Å². The van der Waals surface area contributed by atoms with Crippen LogP contribution in [0.25, 0.3) is 0 Å². The average Bonchev–Trinajstić information content (AvgIpc) is 3.33. The highest BCUT2D eigenvalue weighted by Gasteiger charge is 2.28. The van der Waals surface area contributed by atoms with Crippen molar-refractivity contribution in [1.29, 1.82) is 0 Å². The third-order valence-corrected chi connectivity index (χ3v) is 6.26. The van der Waals surface area contributed by atoms with Gasteiger partial charge in [-0.2, -0.15) is 0 Å². The average molecular weight is 350 g/mol. The standard InChI is InChI=1S/C18H26N2O3S/c21-18(19-15-8-4-2-1-3-5-9-15)14-7-6-10-17(13-14)24(22,23)20-16-11-12-16/h6-7,10,13,15-16,20H,1-5,8-9,11-12H2,(H,19,21). The summed E-state index contributed by atoms with van der Waals surface area (Å²) in [5, 5.41) is 3.08. The van der Waals surface area contributed by atoms with Crippen molar-refractivity contribution in [2.75, 3.05) is 0 Å². The Kier molecular flexibility index (Phi) is 5.56. The molecule has 1 aromatic carbocycles. The van der Waals surface area contributed by atoms with Crippen LogP contribution < -0.4 is 10.0 Å². The molecule has 0 radical (unpaired) electrons. The minimum atomic E-state index is -3.53. The molecule has 1 aromatic rings. The molecular weight excluding hydrogens is 324 g/mol. The van der Waals surface area contributed by atoms with Gasteiger partial charge in [0.1, 0.15) is 0 Å². The zero-order valence-corrected chi connectivity index (χ0v) is 14.8. The molecule has 0 saturated heterocycles. The van der Waals surface area contributed by atoms with Crippen molar-refractivity contribution in [2.45, 2.75) is 74.8 Å². The molecule has 0 spiro atoms. The largest absolute Gasteiger partial charge is 0.349 e. The summed E-state index contributed by atoms with van der Waals surface area (Å²) >= 11 is 0. The topological polar surface area (TPSA) is 75.3 Å². The monoisotopic (exact) mass is 350 g/mol. The highest BCUT2D eigenvalue weighted by Crippen LogP contribution is 2.23. The molecule has 24 heavy (non-hydrogen) atoms. The number of hydrogen-bond acceptors (Lipinski definition) is 3. The Morgan fingerprint density at radius 2 is 1.58 bits per heavy atom. The van der Waals surface area contributed by atoms with Crippen molar-refractivity contribution < 1.29 is 13.2 Å². The van der Waals surface area contributed by atoms with Gasteiger partial charge in [-0.3, -0.25) is 4.79 Å². The third-order valence-electron chi connectivity index (χ3n) is 4.75. The maximum absolute atomic E-state index is 12.5. The molecule has 2 aliphatic rings. The van der Waals surface area contributed by atoms with Crippen LogP contribution in [0.5, 0.6) is 0 Å². The van der Waals surface area contributed by atoms with E-state index in [-0.39, 0.29) is 22.9 Å². The van der Waals surface area contributed by atoms with Gasteiger partial charge in [-0.1, -0.05) is 38.2 Å². The van der Waals surface area contributed by atoms with E-state index < -0.39 is 10.0 Å². The molecule has 0 aliphatic heterocycles. The normalized spacial score (nSPS) is 20.2. The minimum Gasteiger partial charge on any atom is -0.349 e. The molecule has 2 fully saturated rings. The van der Waals surface area contributed by atoms with Crippen molar-refractivity contribution >= 4 is 15.9 Å². The van der Waals surface area contributed by atoms with Gasteiger partial charge in [0.25, 0.3) is 5.91 Å². The van der Waals surface area contributed by atoms with E-state index in [2.05, 4.69) is 10.0 Å². The Balaban J connectivity index is 1.67. The molecule has 0 heterocycles. The van der Waals surface area contributed by atoms with Gasteiger partial charge in [-0.25, -0.2) is 13.1 Å². The fourth-order valence-corrected chi connectivity index (χ4v) is 4.51. The van der Waals surface area contributed by atoms with Gasteiger partial charge in [0.15, 0.2) is 0 Å². The highest BCUT2D eigenvalue weighted by atomic mass is 32.2. The quantitative estimate of drug-likeness (QED) is 0.857. The van der Waals surface area contributed by atoms with Crippen LogP contribution in [0.15, 0.2) is 29.2 Å². The first-order valence-electron chi connectivity index (χ1n) is 8.98. The first kappa shape index (κ1) is 17.4. The van der Waals surface area contributed by atoms with Crippen LogP contribution in [0.2, 0.25) is 0 Å². The fraction of sp³-hybridized carbons (Fsp3) is 0.611. The van der Waals surface area contributed by atoms with Crippen molar-refractivity contribution in [3.8, 4) is 0 Å². The Morgan fingerprint density at radius 1 is 0.917 bits per heavy atom. The molecule has 6 heteroatoms. The molecule has 0 unspecified atom stereocenters. The van der Waals surface area contributed by atoms with E-state index >= 15 is 0 Å². The third kappa shape index (κ3) is 4.80. The Labute approximate surface area is 144 Å². The van der Waals surface area contributed by atoms with Gasteiger partial charge >= 0.3 is 0 Å². The summed E-state index contributed by atoms with van der Waals surface area (Å²) in [4.78, 5) is 12.7. The van der Waals surface area contributed by atoms with Gasteiger partial charge in [0.2, 0.25) is 10.0 Å². The lowest BCUT2D eigenvalue weighted by atomic mass is 9.96. The molecule has 5 nitrogen and oxygen atoms in total. The van der Waals surface area contributed by atoms with Crippen LogP contribution >= 0.6 is 0 Å². The first-order valence-corrected chi connectivity index (χ1v) is 10.5. The second-order valence-corrected chi connectivity index (χ2v) is 8.65. The van der Waals surface area contributed by atoms with Crippen molar-refractivity contribution in [2.24, 2.45) is 0 Å². The Hall–Kier alpha value is -1.40. The molecule has 0 bridgehead atoms. The molecule has 132 valence electrons. The smallest absolute Gasteiger partial charge is 0.251 e. The van der Waals surface area contributed by atoms with Gasteiger partial charge in [-0.05, 0) is 43.9 Å². The van der Waals surface area contributed by atoms with Gasteiger partial charge in [-0.15, -0.1) is 0 Å². The van der Waals surface area contributed by atoms with E-state index in [1.165, 1.54) is 31.4 Å². The molecule has 2 saturated carbocycles. The van der Waals surface area contributed by atoms with Crippen LogP contribution in [0.1, 0.15) is 68.1 Å². The summed E-state index contributed by atoms with van der Waals surface area (Å²) in [5.41, 5.74) is 0.413. The minimum absolute atomic E-state index is 0.0578. The SMILES string of the molecule is O=C(NC1CCCCCCC1)c1cccc(S(=O)(=O)NC2CC2)c1. The van der Waals surface area contributed by atoms with E-state index in [0.717, 1.165) is 38.5 Å². The van der Waals surface area contributed by atoms with Crippen molar-refractivity contribution in [1.82, 2.24) is 10.0 Å². The van der Waals surface area contributed by atoms with Gasteiger partial charge in [0, 0.05) is 17.6 Å². The van der Waals surface area contributed by atoms with Crippen LogP contribution in [0.4, 0.5) is 0 Å².